The number of nitrogens with zero attached hydrogens (tertiary/aromatic N) is 2. The minimum absolute atomic E-state index is 0.209. The van der Waals surface area contributed by atoms with Crippen molar-refractivity contribution in [2.75, 3.05) is 20.7 Å². The van der Waals surface area contributed by atoms with Crippen molar-refractivity contribution in [3.63, 3.8) is 0 Å². The molecular formula is C15H17N3O5. The van der Waals surface area contributed by atoms with Gasteiger partial charge in [-0.3, -0.25) is 24.1 Å². The third-order valence-electron chi connectivity index (χ3n) is 4.16. The zero-order chi connectivity index (χ0) is 16.7. The summed E-state index contributed by atoms with van der Waals surface area (Å²) >= 11 is 0. The smallest absolute Gasteiger partial charge is 0.261 e. The van der Waals surface area contributed by atoms with Crippen LogP contribution in [0.15, 0.2) is 24.3 Å². The van der Waals surface area contributed by atoms with Gasteiger partial charge in [0.05, 0.1) is 19.1 Å². The van der Waals surface area contributed by atoms with E-state index in [1.165, 1.54) is 19.2 Å². The van der Waals surface area contributed by atoms with Gasteiger partial charge in [0.1, 0.15) is 12.3 Å². The number of ether oxygens (including phenoxy) is 1. The highest BCUT2D eigenvalue weighted by Gasteiger charge is 2.58. The Hall–Kier alpha value is -2.45. The van der Waals surface area contributed by atoms with Crippen LogP contribution in [0.25, 0.3) is 0 Å². The fourth-order valence-corrected chi connectivity index (χ4v) is 3.10. The van der Waals surface area contributed by atoms with Crippen molar-refractivity contribution in [1.29, 1.82) is 0 Å². The predicted octanol–water partition coefficient (Wildman–Crippen LogP) is -0.548. The van der Waals surface area contributed by atoms with E-state index in [0.29, 0.717) is 5.75 Å². The number of hydrogen-bond acceptors (Lipinski definition) is 6. The molecule has 3 unspecified atom stereocenters. The molecule has 8 heteroatoms. The molecule has 0 bridgehead atoms. The summed E-state index contributed by atoms with van der Waals surface area (Å²) < 4.78 is 5.20. The van der Waals surface area contributed by atoms with E-state index in [0.717, 1.165) is 10.5 Å². The van der Waals surface area contributed by atoms with E-state index in [2.05, 4.69) is 0 Å². The Labute approximate surface area is 132 Å². The van der Waals surface area contributed by atoms with Gasteiger partial charge in [-0.15, -0.1) is 0 Å². The Morgan fingerprint density at radius 3 is 2.74 bits per heavy atom. The monoisotopic (exact) mass is 319 g/mol. The first-order chi connectivity index (χ1) is 10.9. The Bertz CT molecular complexity index is 677. The van der Waals surface area contributed by atoms with Crippen LogP contribution in [0.5, 0.6) is 5.75 Å². The number of likely N-dealkylation sites (N-methyl/N-ethyl adjacent to an activating group) is 1. The van der Waals surface area contributed by atoms with Crippen LogP contribution in [-0.4, -0.2) is 54.5 Å². The predicted molar refractivity (Wildman–Crippen MR) is 77.8 cm³/mol. The van der Waals surface area contributed by atoms with Crippen molar-refractivity contribution >= 4 is 17.7 Å². The van der Waals surface area contributed by atoms with Crippen LogP contribution in [0.1, 0.15) is 11.6 Å². The second kappa shape index (κ2) is 5.64. The third kappa shape index (κ3) is 2.45. The lowest BCUT2D eigenvalue weighted by Crippen LogP contribution is -2.38. The summed E-state index contributed by atoms with van der Waals surface area (Å²) in [5, 5.41) is 1.31. The number of imide groups is 1. The number of hydrogen-bond donors (Lipinski definition) is 1. The van der Waals surface area contributed by atoms with Crippen LogP contribution in [0.3, 0.4) is 0 Å². The maximum absolute atomic E-state index is 12.4. The first kappa shape index (κ1) is 15.4. The first-order valence-corrected chi connectivity index (χ1v) is 7.11. The zero-order valence-electron chi connectivity index (χ0n) is 12.8. The second-order valence-corrected chi connectivity index (χ2v) is 5.55. The maximum Gasteiger partial charge on any atom is 0.261 e. The van der Waals surface area contributed by atoms with Crippen molar-refractivity contribution in [1.82, 2.24) is 9.96 Å². The van der Waals surface area contributed by atoms with Crippen molar-refractivity contribution in [3.05, 3.63) is 29.8 Å². The quantitative estimate of drug-likeness (QED) is 0.747. The SMILES string of the molecule is COc1cccc(C2C3C(=O)N(C)C(=O)C3ON2CC(N)=O)c1. The number of amides is 3. The number of carbonyl (C=O) groups is 3. The Morgan fingerprint density at radius 2 is 2.09 bits per heavy atom. The normalized spacial score (nSPS) is 27.4. The number of carbonyl (C=O) groups excluding carboxylic acids is 3. The van der Waals surface area contributed by atoms with E-state index in [9.17, 15) is 14.4 Å². The molecule has 0 aliphatic carbocycles. The van der Waals surface area contributed by atoms with Gasteiger partial charge in [-0.05, 0) is 17.7 Å². The van der Waals surface area contributed by atoms with Gasteiger partial charge >= 0.3 is 0 Å². The molecule has 1 aromatic rings. The highest BCUT2D eigenvalue weighted by Crippen LogP contribution is 2.44. The van der Waals surface area contributed by atoms with Gasteiger partial charge in [-0.25, -0.2) is 0 Å². The molecule has 23 heavy (non-hydrogen) atoms. The van der Waals surface area contributed by atoms with Crippen LogP contribution in [-0.2, 0) is 19.2 Å². The average molecular weight is 319 g/mol. The first-order valence-electron chi connectivity index (χ1n) is 7.11. The van der Waals surface area contributed by atoms with E-state index >= 15 is 0 Å². The standard InChI is InChI=1S/C15H17N3O5/c1-17-14(20)11-12(8-4-3-5-9(6-8)22-2)18(7-10(16)19)23-13(11)15(17)21/h3-6,11-13H,7H2,1-2H3,(H2,16,19). The van der Waals surface area contributed by atoms with Crippen molar-refractivity contribution in [3.8, 4) is 5.75 Å². The molecule has 3 rings (SSSR count). The van der Waals surface area contributed by atoms with Crippen molar-refractivity contribution in [2.24, 2.45) is 11.7 Å². The lowest BCUT2D eigenvalue weighted by molar-refractivity contribution is -0.181. The molecule has 0 saturated carbocycles. The Kier molecular flexibility index (Phi) is 3.78. The van der Waals surface area contributed by atoms with Gasteiger partial charge in [0, 0.05) is 7.05 Å². The van der Waals surface area contributed by atoms with E-state index in [1.807, 2.05) is 0 Å². The second-order valence-electron chi connectivity index (χ2n) is 5.55. The number of hydroxylamine groups is 2. The van der Waals surface area contributed by atoms with Gasteiger partial charge in [0.15, 0.2) is 6.10 Å². The lowest BCUT2D eigenvalue weighted by atomic mass is 9.90. The minimum atomic E-state index is -0.928. The molecule has 3 atom stereocenters. The highest BCUT2D eigenvalue weighted by molar-refractivity contribution is 6.07. The molecule has 2 fully saturated rings. The maximum atomic E-state index is 12.4. The van der Waals surface area contributed by atoms with Gasteiger partial charge in [0.25, 0.3) is 5.91 Å². The molecule has 2 N–H and O–H groups in total. The lowest BCUT2D eigenvalue weighted by Gasteiger charge is -2.25. The summed E-state index contributed by atoms with van der Waals surface area (Å²) in [6.45, 7) is -0.209. The van der Waals surface area contributed by atoms with E-state index in [1.54, 1.807) is 24.3 Å². The van der Waals surface area contributed by atoms with Crippen LogP contribution >= 0.6 is 0 Å². The number of nitrogens with two attached hydrogens (primary N) is 1. The summed E-state index contributed by atoms with van der Waals surface area (Å²) in [6, 6.07) is 6.51. The topological polar surface area (TPSA) is 102 Å². The van der Waals surface area contributed by atoms with Gasteiger partial charge in [0.2, 0.25) is 11.8 Å². The summed E-state index contributed by atoms with van der Waals surface area (Å²) in [7, 11) is 2.96. The van der Waals surface area contributed by atoms with E-state index in [4.69, 9.17) is 15.3 Å². The third-order valence-corrected chi connectivity index (χ3v) is 4.16. The number of primary amides is 1. The minimum Gasteiger partial charge on any atom is -0.497 e. The molecule has 122 valence electrons. The van der Waals surface area contributed by atoms with Crippen LogP contribution in [0, 0.1) is 5.92 Å². The molecule has 2 aliphatic rings. The molecule has 0 spiro atoms. The molecule has 3 amide bonds. The number of rotatable bonds is 4. The number of fused-ring (bicyclic) bond motifs is 1. The highest BCUT2D eigenvalue weighted by atomic mass is 16.7. The molecule has 1 aromatic carbocycles. The van der Waals surface area contributed by atoms with Gasteiger partial charge in [-0.2, -0.15) is 5.06 Å². The zero-order valence-corrected chi connectivity index (χ0v) is 12.8. The van der Waals surface area contributed by atoms with Gasteiger partial charge in [-0.1, -0.05) is 12.1 Å². The number of benzene rings is 1. The Morgan fingerprint density at radius 1 is 1.35 bits per heavy atom. The van der Waals surface area contributed by atoms with Crippen molar-refractivity contribution < 1.29 is 24.0 Å². The van der Waals surface area contributed by atoms with Crippen LogP contribution in [0.2, 0.25) is 0 Å². The molecule has 8 nitrogen and oxygen atoms in total. The Balaban J connectivity index is 2.02. The number of methoxy groups -OCH3 is 1. The molecule has 2 aliphatic heterocycles. The van der Waals surface area contributed by atoms with Gasteiger partial charge < -0.3 is 10.5 Å². The molecule has 2 saturated heterocycles. The fraction of sp³-hybridized carbons (Fsp3) is 0.400. The van der Waals surface area contributed by atoms with Crippen molar-refractivity contribution in [2.45, 2.75) is 12.1 Å². The van der Waals surface area contributed by atoms with Crippen LogP contribution in [0.4, 0.5) is 0 Å². The van der Waals surface area contributed by atoms with Crippen LogP contribution < -0.4 is 10.5 Å². The molecule has 0 radical (unpaired) electrons. The fourth-order valence-electron chi connectivity index (χ4n) is 3.10. The van der Waals surface area contributed by atoms with E-state index in [-0.39, 0.29) is 12.5 Å². The molecule has 0 aromatic heterocycles. The summed E-state index contributed by atoms with van der Waals surface area (Å²) in [5.41, 5.74) is 5.97. The molecular weight excluding hydrogens is 302 g/mol. The average Bonchev–Trinajstić information content (AvgIpc) is 2.99. The largest absolute Gasteiger partial charge is 0.497 e. The summed E-state index contributed by atoms with van der Waals surface area (Å²) in [4.78, 5) is 42.5. The summed E-state index contributed by atoms with van der Waals surface area (Å²) in [6.07, 6.45) is -0.928. The number of likely N-dealkylation sites (tertiary alicyclic amines) is 1. The molecule has 2 heterocycles. The van der Waals surface area contributed by atoms with E-state index < -0.39 is 29.9 Å². The summed E-state index contributed by atoms with van der Waals surface area (Å²) in [5.74, 6) is -1.46.